The van der Waals surface area contributed by atoms with Gasteiger partial charge < -0.3 is 14.1 Å². The van der Waals surface area contributed by atoms with Crippen LogP contribution in [0.3, 0.4) is 0 Å². The second-order valence-corrected chi connectivity index (χ2v) is 5.98. The minimum absolute atomic E-state index is 0.311. The molecule has 3 aromatic rings. The third-order valence-electron chi connectivity index (χ3n) is 4.46. The van der Waals surface area contributed by atoms with Crippen molar-refractivity contribution >= 4 is 16.7 Å². The summed E-state index contributed by atoms with van der Waals surface area (Å²) in [4.78, 5) is 14.2. The molecule has 122 valence electrons. The van der Waals surface area contributed by atoms with Gasteiger partial charge in [0.1, 0.15) is 11.3 Å². The van der Waals surface area contributed by atoms with Crippen molar-refractivity contribution in [2.45, 2.75) is 19.9 Å². The molecule has 0 aliphatic carbocycles. The van der Waals surface area contributed by atoms with Gasteiger partial charge in [0.15, 0.2) is 0 Å². The van der Waals surface area contributed by atoms with Crippen LogP contribution in [0.2, 0.25) is 0 Å². The molecule has 1 aliphatic rings. The first-order valence-electron chi connectivity index (χ1n) is 8.27. The highest BCUT2D eigenvalue weighted by molar-refractivity contribution is 5.82. The summed E-state index contributed by atoms with van der Waals surface area (Å²) in [5.74, 6) is 0.793. The van der Waals surface area contributed by atoms with Gasteiger partial charge in [-0.05, 0) is 48.7 Å². The van der Waals surface area contributed by atoms with Gasteiger partial charge in [0, 0.05) is 30.2 Å². The van der Waals surface area contributed by atoms with Crippen LogP contribution in [0.25, 0.3) is 11.0 Å². The molecule has 0 N–H and O–H groups in total. The van der Waals surface area contributed by atoms with Crippen molar-refractivity contribution < 1.29 is 9.15 Å². The number of ether oxygens (including phenoxy) is 1. The van der Waals surface area contributed by atoms with Crippen molar-refractivity contribution in [3.05, 3.63) is 70.1 Å². The van der Waals surface area contributed by atoms with E-state index >= 15 is 0 Å². The fraction of sp³-hybridized carbons (Fsp3) is 0.250. The fourth-order valence-corrected chi connectivity index (χ4v) is 3.37. The Morgan fingerprint density at radius 1 is 1.17 bits per heavy atom. The van der Waals surface area contributed by atoms with E-state index in [-0.39, 0.29) is 5.63 Å². The zero-order valence-corrected chi connectivity index (χ0v) is 13.6. The molecule has 24 heavy (non-hydrogen) atoms. The summed E-state index contributed by atoms with van der Waals surface area (Å²) in [6, 6.07) is 15.6. The first kappa shape index (κ1) is 14.8. The molecule has 1 aromatic heterocycles. The summed E-state index contributed by atoms with van der Waals surface area (Å²) >= 11 is 0. The minimum atomic E-state index is -0.311. The molecule has 1 aliphatic heterocycles. The Morgan fingerprint density at radius 2 is 2.04 bits per heavy atom. The highest BCUT2D eigenvalue weighted by atomic mass is 16.5. The zero-order chi connectivity index (χ0) is 16.5. The van der Waals surface area contributed by atoms with Crippen LogP contribution in [0, 0.1) is 0 Å². The highest BCUT2D eigenvalue weighted by Gasteiger charge is 2.19. The van der Waals surface area contributed by atoms with Crippen LogP contribution in [0.15, 0.2) is 57.7 Å². The van der Waals surface area contributed by atoms with E-state index in [2.05, 4.69) is 29.2 Å². The summed E-state index contributed by atoms with van der Waals surface area (Å²) in [6.45, 7) is 4.22. The van der Waals surface area contributed by atoms with E-state index < -0.39 is 0 Å². The molecule has 2 aromatic carbocycles. The number of nitrogens with zero attached hydrogens (tertiary/aromatic N) is 1. The number of benzene rings is 2. The Morgan fingerprint density at radius 3 is 2.92 bits per heavy atom. The summed E-state index contributed by atoms with van der Waals surface area (Å²) in [5.41, 5.74) is 3.88. The monoisotopic (exact) mass is 321 g/mol. The average Bonchev–Trinajstić information content (AvgIpc) is 2.99. The van der Waals surface area contributed by atoms with Crippen LogP contribution >= 0.6 is 0 Å². The van der Waals surface area contributed by atoms with E-state index in [1.165, 1.54) is 11.3 Å². The number of fused-ring (bicyclic) bond motifs is 2. The van der Waals surface area contributed by atoms with Crippen LogP contribution in [0.5, 0.6) is 5.75 Å². The van der Waals surface area contributed by atoms with E-state index in [0.717, 1.165) is 29.7 Å². The maximum absolute atomic E-state index is 11.9. The predicted octanol–water partition coefficient (Wildman–Crippen LogP) is 3.75. The standard InChI is InChI=1S/C20H19NO3/c1-2-23-16-7-8-19-17(12-16)15(11-20(22)24-19)13-21-10-9-14-5-3-4-6-18(14)21/h3-8,11-12H,2,9-10,13H2,1H3. The van der Waals surface area contributed by atoms with Crippen molar-refractivity contribution in [2.75, 3.05) is 18.1 Å². The molecule has 2 heterocycles. The van der Waals surface area contributed by atoms with Gasteiger partial charge in [0.25, 0.3) is 0 Å². The summed E-state index contributed by atoms with van der Waals surface area (Å²) in [6.07, 6.45) is 1.04. The third-order valence-corrected chi connectivity index (χ3v) is 4.46. The Labute approximate surface area is 140 Å². The summed E-state index contributed by atoms with van der Waals surface area (Å²) < 4.78 is 10.9. The lowest BCUT2D eigenvalue weighted by Crippen LogP contribution is -2.20. The van der Waals surface area contributed by atoms with Crippen LogP contribution in [0.1, 0.15) is 18.1 Å². The molecule has 0 bridgehead atoms. The molecule has 0 saturated carbocycles. The fourth-order valence-electron chi connectivity index (χ4n) is 3.37. The molecule has 0 spiro atoms. The zero-order valence-electron chi connectivity index (χ0n) is 13.6. The molecule has 0 saturated heterocycles. The lowest BCUT2D eigenvalue weighted by atomic mass is 10.1. The molecule has 0 fully saturated rings. The van der Waals surface area contributed by atoms with Gasteiger partial charge in [-0.15, -0.1) is 0 Å². The molecule has 0 unspecified atom stereocenters. The summed E-state index contributed by atoms with van der Waals surface area (Å²) in [7, 11) is 0. The number of hydrogen-bond acceptors (Lipinski definition) is 4. The average molecular weight is 321 g/mol. The first-order chi connectivity index (χ1) is 11.7. The lowest BCUT2D eigenvalue weighted by molar-refractivity contribution is 0.340. The number of hydrogen-bond donors (Lipinski definition) is 0. The first-order valence-corrected chi connectivity index (χ1v) is 8.27. The van der Waals surface area contributed by atoms with Crippen molar-refractivity contribution in [3.63, 3.8) is 0 Å². The van der Waals surface area contributed by atoms with E-state index in [1.54, 1.807) is 6.07 Å². The molecule has 4 nitrogen and oxygen atoms in total. The normalized spacial score (nSPS) is 13.3. The lowest BCUT2D eigenvalue weighted by Gasteiger charge is -2.20. The Balaban J connectivity index is 1.76. The van der Waals surface area contributed by atoms with Crippen LogP contribution in [-0.2, 0) is 13.0 Å². The predicted molar refractivity (Wildman–Crippen MR) is 94.8 cm³/mol. The molecular formula is C20H19NO3. The third kappa shape index (κ3) is 2.64. The molecule has 4 rings (SSSR count). The second kappa shape index (κ2) is 6.04. The molecule has 0 radical (unpaired) electrons. The molecule has 0 atom stereocenters. The quantitative estimate of drug-likeness (QED) is 0.686. The van der Waals surface area contributed by atoms with Gasteiger partial charge in [-0.1, -0.05) is 18.2 Å². The van der Waals surface area contributed by atoms with E-state index in [4.69, 9.17) is 9.15 Å². The SMILES string of the molecule is CCOc1ccc2oc(=O)cc(CN3CCc4ccccc43)c2c1. The van der Waals surface area contributed by atoms with Gasteiger partial charge in [-0.2, -0.15) is 0 Å². The van der Waals surface area contributed by atoms with Crippen LogP contribution in [0.4, 0.5) is 5.69 Å². The Bertz CT molecular complexity index is 945. The van der Waals surface area contributed by atoms with Gasteiger partial charge >= 0.3 is 5.63 Å². The number of anilines is 1. The number of rotatable bonds is 4. The van der Waals surface area contributed by atoms with Crippen molar-refractivity contribution in [3.8, 4) is 5.75 Å². The van der Waals surface area contributed by atoms with E-state index in [1.807, 2.05) is 25.1 Å². The van der Waals surface area contributed by atoms with Crippen molar-refractivity contribution in [1.29, 1.82) is 0 Å². The van der Waals surface area contributed by atoms with Gasteiger partial charge in [-0.25, -0.2) is 4.79 Å². The molecular weight excluding hydrogens is 302 g/mol. The second-order valence-electron chi connectivity index (χ2n) is 5.98. The summed E-state index contributed by atoms with van der Waals surface area (Å²) in [5, 5.41) is 0.935. The van der Waals surface area contributed by atoms with Crippen LogP contribution < -0.4 is 15.3 Å². The minimum Gasteiger partial charge on any atom is -0.494 e. The Kier molecular flexibility index (Phi) is 3.73. The maximum Gasteiger partial charge on any atom is 0.336 e. The van der Waals surface area contributed by atoms with E-state index in [9.17, 15) is 4.79 Å². The Hall–Kier alpha value is -2.75. The topological polar surface area (TPSA) is 42.7 Å². The van der Waals surface area contributed by atoms with E-state index in [0.29, 0.717) is 18.7 Å². The maximum atomic E-state index is 11.9. The van der Waals surface area contributed by atoms with Crippen molar-refractivity contribution in [2.24, 2.45) is 0 Å². The highest BCUT2D eigenvalue weighted by Crippen LogP contribution is 2.31. The van der Waals surface area contributed by atoms with Crippen molar-refractivity contribution in [1.82, 2.24) is 0 Å². The van der Waals surface area contributed by atoms with Crippen LogP contribution in [-0.4, -0.2) is 13.2 Å². The largest absolute Gasteiger partial charge is 0.494 e. The van der Waals surface area contributed by atoms with Gasteiger partial charge in [-0.3, -0.25) is 0 Å². The molecule has 4 heteroatoms. The number of para-hydroxylation sites is 1. The van der Waals surface area contributed by atoms with Gasteiger partial charge in [0.2, 0.25) is 0 Å². The smallest absolute Gasteiger partial charge is 0.336 e. The van der Waals surface area contributed by atoms with Gasteiger partial charge in [0.05, 0.1) is 6.61 Å². The molecule has 0 amide bonds.